The Morgan fingerprint density at radius 3 is 3.22 bits per heavy atom. The lowest BCUT2D eigenvalue weighted by molar-refractivity contribution is -0.0805. The highest BCUT2D eigenvalue weighted by Crippen LogP contribution is 2.15. The third-order valence-electron chi connectivity index (χ3n) is 3.16. The van der Waals surface area contributed by atoms with Gasteiger partial charge in [0.25, 0.3) is 0 Å². The molecule has 1 aromatic heterocycles. The molecule has 1 fully saturated rings. The van der Waals surface area contributed by atoms with Crippen LogP contribution in [0.3, 0.4) is 0 Å². The Balaban J connectivity index is 2.05. The van der Waals surface area contributed by atoms with Gasteiger partial charge in [0.05, 0.1) is 19.3 Å². The zero-order chi connectivity index (χ0) is 13.0. The van der Waals surface area contributed by atoms with Crippen LogP contribution in [-0.2, 0) is 11.3 Å². The van der Waals surface area contributed by atoms with E-state index < -0.39 is 0 Å². The number of hydrogen-bond acceptors (Lipinski definition) is 5. The van der Waals surface area contributed by atoms with Crippen molar-refractivity contribution < 1.29 is 9.84 Å². The van der Waals surface area contributed by atoms with Crippen LogP contribution >= 0.6 is 0 Å². The van der Waals surface area contributed by atoms with Gasteiger partial charge in [0.2, 0.25) is 0 Å². The molecule has 5 heteroatoms. The molecule has 0 radical (unpaired) electrons. The fraction of sp³-hybridized carbons (Fsp3) is 0.538. The lowest BCUT2D eigenvalue weighted by Crippen LogP contribution is -2.48. The van der Waals surface area contributed by atoms with Crippen molar-refractivity contribution in [1.82, 2.24) is 9.88 Å². The minimum atomic E-state index is -0.113. The molecule has 0 spiro atoms. The van der Waals surface area contributed by atoms with Crippen molar-refractivity contribution in [2.45, 2.75) is 25.6 Å². The second kappa shape index (κ2) is 5.91. The maximum atomic E-state index is 9.14. The van der Waals surface area contributed by atoms with Gasteiger partial charge in [-0.25, -0.2) is 4.98 Å². The maximum absolute atomic E-state index is 9.14. The summed E-state index contributed by atoms with van der Waals surface area (Å²) < 4.78 is 5.50. The summed E-state index contributed by atoms with van der Waals surface area (Å²) in [6.07, 6.45) is 1.54. The zero-order valence-corrected chi connectivity index (χ0v) is 10.4. The first-order valence-electron chi connectivity index (χ1n) is 6.04. The largest absolute Gasteiger partial charge is 0.394 e. The third kappa shape index (κ3) is 3.05. The van der Waals surface area contributed by atoms with Gasteiger partial charge in [-0.15, -0.1) is 0 Å². The van der Waals surface area contributed by atoms with Gasteiger partial charge in [-0.3, -0.25) is 4.90 Å². The number of nitriles is 1. The Hall–Kier alpha value is -1.48. The van der Waals surface area contributed by atoms with E-state index in [4.69, 9.17) is 15.1 Å². The smallest absolute Gasteiger partial charge is 0.140 e. The number of aromatic nitrogens is 1. The van der Waals surface area contributed by atoms with Crippen molar-refractivity contribution in [3.63, 3.8) is 0 Å². The molecule has 2 heterocycles. The van der Waals surface area contributed by atoms with Gasteiger partial charge in [0.1, 0.15) is 11.8 Å². The van der Waals surface area contributed by atoms with E-state index in [9.17, 15) is 0 Å². The standard InChI is InChI=1S/C13H17N3O2/c1-10-9-18-13(8-17)7-16(10)6-11-2-3-15-12(4-11)5-14/h2-4,10,13,17H,6-9H2,1H3. The highest BCUT2D eigenvalue weighted by molar-refractivity contribution is 5.25. The Kier molecular flexibility index (Phi) is 4.26. The van der Waals surface area contributed by atoms with Crippen LogP contribution in [0.1, 0.15) is 18.2 Å². The van der Waals surface area contributed by atoms with Crippen LogP contribution in [-0.4, -0.2) is 46.9 Å². The molecule has 5 nitrogen and oxygen atoms in total. The molecule has 0 aliphatic carbocycles. The Labute approximate surface area is 107 Å². The van der Waals surface area contributed by atoms with Gasteiger partial charge in [-0.1, -0.05) is 0 Å². The molecule has 0 amide bonds. The summed E-state index contributed by atoms with van der Waals surface area (Å²) in [6.45, 7) is 4.23. The molecule has 0 bridgehead atoms. The first kappa shape index (κ1) is 13.0. The van der Waals surface area contributed by atoms with Crippen LogP contribution in [0.2, 0.25) is 0 Å². The number of pyridine rings is 1. The Bertz CT molecular complexity index is 444. The number of rotatable bonds is 3. The second-order valence-electron chi connectivity index (χ2n) is 4.58. The molecule has 0 saturated carbocycles. The lowest BCUT2D eigenvalue weighted by Gasteiger charge is -2.37. The molecule has 1 aliphatic rings. The zero-order valence-electron chi connectivity index (χ0n) is 10.4. The summed E-state index contributed by atoms with van der Waals surface area (Å²) >= 11 is 0. The maximum Gasteiger partial charge on any atom is 0.140 e. The van der Waals surface area contributed by atoms with Crippen molar-refractivity contribution >= 4 is 0 Å². The average molecular weight is 247 g/mol. The molecule has 1 saturated heterocycles. The third-order valence-corrected chi connectivity index (χ3v) is 3.16. The number of nitrogens with zero attached hydrogens (tertiary/aromatic N) is 3. The first-order valence-corrected chi connectivity index (χ1v) is 6.04. The number of ether oxygens (including phenoxy) is 1. The van der Waals surface area contributed by atoms with Crippen molar-refractivity contribution in [1.29, 1.82) is 5.26 Å². The van der Waals surface area contributed by atoms with E-state index in [-0.39, 0.29) is 12.7 Å². The highest BCUT2D eigenvalue weighted by atomic mass is 16.5. The molecule has 2 unspecified atom stereocenters. The minimum Gasteiger partial charge on any atom is -0.394 e. The molecule has 18 heavy (non-hydrogen) atoms. The molecule has 1 aromatic rings. The first-order chi connectivity index (χ1) is 8.72. The summed E-state index contributed by atoms with van der Waals surface area (Å²) in [7, 11) is 0. The summed E-state index contributed by atoms with van der Waals surface area (Å²) in [5.41, 5.74) is 1.50. The highest BCUT2D eigenvalue weighted by Gasteiger charge is 2.25. The van der Waals surface area contributed by atoms with E-state index in [1.165, 1.54) is 0 Å². The summed E-state index contributed by atoms with van der Waals surface area (Å²) in [5.74, 6) is 0. The predicted octanol–water partition coefficient (Wildman–Crippen LogP) is 0.535. The monoisotopic (exact) mass is 247 g/mol. The number of aliphatic hydroxyl groups excluding tert-OH is 1. The molecular formula is C13H17N3O2. The number of hydrogen-bond donors (Lipinski definition) is 1. The van der Waals surface area contributed by atoms with Gasteiger partial charge in [-0.05, 0) is 24.6 Å². The fourth-order valence-electron chi connectivity index (χ4n) is 2.07. The van der Waals surface area contributed by atoms with E-state index in [2.05, 4.69) is 16.8 Å². The van der Waals surface area contributed by atoms with E-state index in [1.807, 2.05) is 12.1 Å². The quantitative estimate of drug-likeness (QED) is 0.844. The van der Waals surface area contributed by atoms with E-state index >= 15 is 0 Å². The summed E-state index contributed by atoms with van der Waals surface area (Å²) in [5, 5.41) is 18.0. The van der Waals surface area contributed by atoms with Gasteiger partial charge < -0.3 is 9.84 Å². The van der Waals surface area contributed by atoms with Crippen LogP contribution in [0.25, 0.3) is 0 Å². The average Bonchev–Trinajstić information content (AvgIpc) is 2.41. The number of aliphatic hydroxyl groups is 1. The van der Waals surface area contributed by atoms with Gasteiger partial charge in [0, 0.05) is 25.3 Å². The topological polar surface area (TPSA) is 69.4 Å². The molecule has 2 atom stereocenters. The SMILES string of the molecule is CC1COC(CO)CN1Cc1ccnc(C#N)c1. The van der Waals surface area contributed by atoms with E-state index in [1.54, 1.807) is 12.3 Å². The predicted molar refractivity (Wildman–Crippen MR) is 65.6 cm³/mol. The van der Waals surface area contributed by atoms with Gasteiger partial charge in [0.15, 0.2) is 0 Å². The molecule has 1 aliphatic heterocycles. The normalized spacial score (nSPS) is 24.7. The van der Waals surface area contributed by atoms with Gasteiger partial charge >= 0.3 is 0 Å². The molecule has 2 rings (SSSR count). The van der Waals surface area contributed by atoms with Crippen LogP contribution in [0.15, 0.2) is 18.3 Å². The van der Waals surface area contributed by atoms with Crippen LogP contribution in [0.4, 0.5) is 0 Å². The summed E-state index contributed by atoms with van der Waals surface area (Å²) in [4.78, 5) is 6.21. The van der Waals surface area contributed by atoms with E-state index in [0.717, 1.165) is 12.1 Å². The Morgan fingerprint density at radius 1 is 1.67 bits per heavy atom. The molecule has 96 valence electrons. The van der Waals surface area contributed by atoms with E-state index in [0.29, 0.717) is 24.9 Å². The Morgan fingerprint density at radius 2 is 2.50 bits per heavy atom. The van der Waals surface area contributed by atoms with Crippen molar-refractivity contribution in [2.24, 2.45) is 0 Å². The van der Waals surface area contributed by atoms with Gasteiger partial charge in [-0.2, -0.15) is 5.26 Å². The minimum absolute atomic E-state index is 0.0447. The van der Waals surface area contributed by atoms with Crippen LogP contribution < -0.4 is 0 Å². The van der Waals surface area contributed by atoms with Crippen molar-refractivity contribution in [2.75, 3.05) is 19.8 Å². The van der Waals surface area contributed by atoms with Crippen molar-refractivity contribution in [3.05, 3.63) is 29.6 Å². The van der Waals surface area contributed by atoms with Crippen molar-refractivity contribution in [3.8, 4) is 6.07 Å². The number of morpholine rings is 1. The van der Waals surface area contributed by atoms with Crippen LogP contribution in [0.5, 0.6) is 0 Å². The second-order valence-corrected chi connectivity index (χ2v) is 4.58. The molecule has 0 aromatic carbocycles. The van der Waals surface area contributed by atoms with Crippen LogP contribution in [0, 0.1) is 11.3 Å². The summed E-state index contributed by atoms with van der Waals surface area (Å²) in [6, 6.07) is 6.07. The fourth-order valence-corrected chi connectivity index (χ4v) is 2.07. The molecular weight excluding hydrogens is 230 g/mol. The lowest BCUT2D eigenvalue weighted by atomic mass is 10.1. The molecule has 1 N–H and O–H groups in total.